The van der Waals surface area contributed by atoms with Crippen LogP contribution in [0.2, 0.25) is 0 Å². The molecule has 0 aliphatic rings. The first kappa shape index (κ1) is 9.98. The fourth-order valence-corrected chi connectivity index (χ4v) is 1.81. The number of nitrogen functional groups attached to an aromatic ring is 1. The SMILES string of the molecule is Cc1cc(S(C)(=O)=O)c(N)nc1C. The first-order valence-electron chi connectivity index (χ1n) is 3.76. The normalized spacial score (nSPS) is 11.6. The Bertz CT molecular complexity index is 438. The number of rotatable bonds is 1. The first-order chi connectivity index (χ1) is 5.82. The van der Waals surface area contributed by atoms with Gasteiger partial charge in [0.1, 0.15) is 10.7 Å². The molecule has 1 aromatic heterocycles. The number of hydrogen-bond donors (Lipinski definition) is 1. The maximum absolute atomic E-state index is 11.2. The van der Waals surface area contributed by atoms with Gasteiger partial charge in [-0.2, -0.15) is 0 Å². The van der Waals surface area contributed by atoms with E-state index in [0.717, 1.165) is 17.5 Å². The number of aryl methyl sites for hydroxylation is 2. The summed E-state index contributed by atoms with van der Waals surface area (Å²) in [5.41, 5.74) is 7.07. The molecule has 0 radical (unpaired) electrons. The van der Waals surface area contributed by atoms with Crippen LogP contribution in [0.1, 0.15) is 11.3 Å². The summed E-state index contributed by atoms with van der Waals surface area (Å²) in [5.74, 6) is 0.0746. The van der Waals surface area contributed by atoms with Crippen LogP contribution in [0.15, 0.2) is 11.0 Å². The molecule has 0 spiro atoms. The van der Waals surface area contributed by atoms with Crippen molar-refractivity contribution in [1.82, 2.24) is 4.98 Å². The molecule has 0 aliphatic heterocycles. The summed E-state index contributed by atoms with van der Waals surface area (Å²) in [6.07, 6.45) is 1.12. The van der Waals surface area contributed by atoms with Gasteiger partial charge in [-0.05, 0) is 25.5 Å². The Morgan fingerprint density at radius 3 is 2.38 bits per heavy atom. The highest BCUT2D eigenvalue weighted by Crippen LogP contribution is 2.18. The van der Waals surface area contributed by atoms with Crippen molar-refractivity contribution in [3.8, 4) is 0 Å². The predicted molar refractivity (Wildman–Crippen MR) is 51.2 cm³/mol. The van der Waals surface area contributed by atoms with Crippen molar-refractivity contribution in [3.63, 3.8) is 0 Å². The van der Waals surface area contributed by atoms with Crippen LogP contribution in [0.5, 0.6) is 0 Å². The number of pyridine rings is 1. The van der Waals surface area contributed by atoms with E-state index in [1.54, 1.807) is 19.9 Å². The van der Waals surface area contributed by atoms with Gasteiger partial charge in [0.2, 0.25) is 0 Å². The Labute approximate surface area is 77.7 Å². The van der Waals surface area contributed by atoms with Gasteiger partial charge in [-0.1, -0.05) is 0 Å². The monoisotopic (exact) mass is 200 g/mol. The Hall–Kier alpha value is -1.10. The molecule has 0 aliphatic carbocycles. The standard InChI is InChI=1S/C8H12N2O2S/c1-5-4-7(13(3,11)12)8(9)10-6(5)2/h4H,1-3H3,(H2,9,10). The molecule has 0 atom stereocenters. The van der Waals surface area contributed by atoms with E-state index in [-0.39, 0.29) is 10.7 Å². The molecular formula is C8H12N2O2S. The molecule has 72 valence electrons. The molecule has 0 fully saturated rings. The first-order valence-corrected chi connectivity index (χ1v) is 5.65. The van der Waals surface area contributed by atoms with Crippen LogP contribution in [-0.2, 0) is 9.84 Å². The lowest BCUT2D eigenvalue weighted by atomic mass is 10.2. The molecule has 0 saturated carbocycles. The minimum Gasteiger partial charge on any atom is -0.383 e. The second-order valence-electron chi connectivity index (χ2n) is 3.05. The maximum Gasteiger partial charge on any atom is 0.179 e. The van der Waals surface area contributed by atoms with Crippen LogP contribution in [0, 0.1) is 13.8 Å². The van der Waals surface area contributed by atoms with E-state index in [9.17, 15) is 8.42 Å². The second-order valence-corrected chi connectivity index (χ2v) is 5.03. The zero-order chi connectivity index (χ0) is 10.2. The third-order valence-electron chi connectivity index (χ3n) is 1.86. The van der Waals surface area contributed by atoms with Gasteiger partial charge in [-0.25, -0.2) is 13.4 Å². The summed E-state index contributed by atoms with van der Waals surface area (Å²) < 4.78 is 22.4. The van der Waals surface area contributed by atoms with Crippen LogP contribution in [0.4, 0.5) is 5.82 Å². The zero-order valence-corrected chi connectivity index (χ0v) is 8.64. The minimum atomic E-state index is -3.26. The predicted octanol–water partition coefficient (Wildman–Crippen LogP) is 0.684. The second kappa shape index (κ2) is 2.99. The molecule has 0 unspecified atom stereocenters. The number of anilines is 1. The maximum atomic E-state index is 11.2. The third kappa shape index (κ3) is 1.98. The molecule has 2 N–H and O–H groups in total. The van der Waals surface area contributed by atoms with E-state index in [1.165, 1.54) is 0 Å². The largest absolute Gasteiger partial charge is 0.383 e. The summed E-state index contributed by atoms with van der Waals surface area (Å²) in [5, 5.41) is 0. The fourth-order valence-electron chi connectivity index (χ4n) is 0.996. The average Bonchev–Trinajstić information content (AvgIpc) is 1.94. The molecule has 4 nitrogen and oxygen atoms in total. The van der Waals surface area contributed by atoms with Crippen molar-refractivity contribution in [3.05, 3.63) is 17.3 Å². The Kier molecular flexibility index (Phi) is 2.30. The minimum absolute atomic E-state index is 0.0746. The molecule has 13 heavy (non-hydrogen) atoms. The molecular weight excluding hydrogens is 188 g/mol. The van der Waals surface area contributed by atoms with Crippen molar-refractivity contribution in [2.75, 3.05) is 12.0 Å². The van der Waals surface area contributed by atoms with Crippen molar-refractivity contribution in [2.45, 2.75) is 18.7 Å². The highest BCUT2D eigenvalue weighted by atomic mass is 32.2. The highest BCUT2D eigenvalue weighted by Gasteiger charge is 2.13. The lowest BCUT2D eigenvalue weighted by molar-refractivity contribution is 0.602. The van der Waals surface area contributed by atoms with Gasteiger partial charge in [-0.15, -0.1) is 0 Å². The summed E-state index contributed by atoms with van der Waals surface area (Å²) in [4.78, 5) is 4.05. The topological polar surface area (TPSA) is 73.0 Å². The molecule has 0 aromatic carbocycles. The van der Waals surface area contributed by atoms with Gasteiger partial charge in [-0.3, -0.25) is 0 Å². The summed E-state index contributed by atoms with van der Waals surface area (Å²) in [6.45, 7) is 3.59. The van der Waals surface area contributed by atoms with E-state index >= 15 is 0 Å². The third-order valence-corrected chi connectivity index (χ3v) is 2.98. The Morgan fingerprint density at radius 1 is 1.38 bits per heavy atom. The van der Waals surface area contributed by atoms with Crippen molar-refractivity contribution in [1.29, 1.82) is 0 Å². The Morgan fingerprint density at radius 2 is 1.92 bits per heavy atom. The van der Waals surface area contributed by atoms with Crippen LogP contribution in [0.3, 0.4) is 0 Å². The van der Waals surface area contributed by atoms with E-state index in [2.05, 4.69) is 4.98 Å². The van der Waals surface area contributed by atoms with Gasteiger partial charge >= 0.3 is 0 Å². The van der Waals surface area contributed by atoms with Crippen molar-refractivity contribution < 1.29 is 8.42 Å². The smallest absolute Gasteiger partial charge is 0.179 e. The van der Waals surface area contributed by atoms with Crippen molar-refractivity contribution in [2.24, 2.45) is 0 Å². The molecule has 0 bridgehead atoms. The fraction of sp³-hybridized carbons (Fsp3) is 0.375. The lowest BCUT2D eigenvalue weighted by Crippen LogP contribution is -2.06. The van der Waals surface area contributed by atoms with Gasteiger partial charge in [0.25, 0.3) is 0 Å². The van der Waals surface area contributed by atoms with Crippen LogP contribution in [0.25, 0.3) is 0 Å². The zero-order valence-electron chi connectivity index (χ0n) is 7.83. The van der Waals surface area contributed by atoms with Gasteiger partial charge < -0.3 is 5.73 Å². The van der Waals surface area contributed by atoms with Gasteiger partial charge in [0.05, 0.1) is 0 Å². The number of aromatic nitrogens is 1. The molecule has 5 heteroatoms. The van der Waals surface area contributed by atoms with E-state index in [4.69, 9.17) is 5.73 Å². The van der Waals surface area contributed by atoms with E-state index < -0.39 is 9.84 Å². The quantitative estimate of drug-likeness (QED) is 0.723. The van der Waals surface area contributed by atoms with E-state index in [0.29, 0.717) is 0 Å². The van der Waals surface area contributed by atoms with E-state index in [1.807, 2.05) is 0 Å². The van der Waals surface area contributed by atoms with Gasteiger partial charge in [0.15, 0.2) is 9.84 Å². The van der Waals surface area contributed by atoms with Crippen molar-refractivity contribution >= 4 is 15.7 Å². The van der Waals surface area contributed by atoms with Crippen LogP contribution in [-0.4, -0.2) is 19.7 Å². The summed E-state index contributed by atoms with van der Waals surface area (Å²) in [7, 11) is -3.26. The highest BCUT2D eigenvalue weighted by molar-refractivity contribution is 7.90. The number of nitrogens with zero attached hydrogens (tertiary/aromatic N) is 1. The molecule has 0 amide bonds. The Balaban J connectivity index is 3.50. The molecule has 0 saturated heterocycles. The lowest BCUT2D eigenvalue weighted by Gasteiger charge is -2.05. The molecule has 1 aromatic rings. The summed E-state index contributed by atoms with van der Waals surface area (Å²) >= 11 is 0. The number of nitrogens with two attached hydrogens (primary N) is 1. The molecule has 1 heterocycles. The summed E-state index contributed by atoms with van der Waals surface area (Å²) in [6, 6.07) is 1.55. The van der Waals surface area contributed by atoms with Crippen LogP contribution < -0.4 is 5.73 Å². The number of hydrogen-bond acceptors (Lipinski definition) is 4. The van der Waals surface area contributed by atoms with Crippen LogP contribution >= 0.6 is 0 Å². The average molecular weight is 200 g/mol. The molecule has 1 rings (SSSR count). The van der Waals surface area contributed by atoms with Gasteiger partial charge in [0, 0.05) is 11.9 Å². The number of sulfone groups is 1.